The molecule has 1 aromatic carbocycles. The molecule has 0 unspecified atom stereocenters. The van der Waals surface area contributed by atoms with Crippen LogP contribution in [-0.4, -0.2) is 41.1 Å². The van der Waals surface area contributed by atoms with E-state index >= 15 is 0 Å². The summed E-state index contributed by atoms with van der Waals surface area (Å²) >= 11 is 6.08. The average molecular weight is 332 g/mol. The number of fused-ring (bicyclic) bond motifs is 1. The van der Waals surface area contributed by atoms with Crippen LogP contribution < -0.4 is 4.74 Å². The summed E-state index contributed by atoms with van der Waals surface area (Å²) in [7, 11) is 1.61. The van der Waals surface area contributed by atoms with Gasteiger partial charge in [-0.15, -0.1) is 0 Å². The summed E-state index contributed by atoms with van der Waals surface area (Å²) in [5.41, 5.74) is 2.76. The van der Waals surface area contributed by atoms with Crippen molar-refractivity contribution in [2.75, 3.05) is 20.3 Å². The number of hydrogen-bond acceptors (Lipinski definition) is 5. The largest absolute Gasteiger partial charge is 0.495 e. The first-order valence-electron chi connectivity index (χ1n) is 7.44. The van der Waals surface area contributed by atoms with Gasteiger partial charge in [-0.2, -0.15) is 0 Å². The molecule has 0 amide bonds. The molecule has 1 aliphatic rings. The Balaban J connectivity index is 1.99. The van der Waals surface area contributed by atoms with Gasteiger partial charge in [0.25, 0.3) is 0 Å². The molecular formula is C17H18ClN3O2. The second-order valence-electron chi connectivity index (χ2n) is 5.29. The highest BCUT2D eigenvalue weighted by molar-refractivity contribution is 6.30. The van der Waals surface area contributed by atoms with E-state index in [1.165, 1.54) is 0 Å². The summed E-state index contributed by atoms with van der Waals surface area (Å²) in [5.74, 6) is 1.51. The van der Waals surface area contributed by atoms with E-state index in [-0.39, 0.29) is 6.61 Å². The number of hydrogen-bond donors (Lipinski definition) is 1. The minimum absolute atomic E-state index is 0.141. The monoisotopic (exact) mass is 331 g/mol. The number of pyridine rings is 1. The van der Waals surface area contributed by atoms with Crippen LogP contribution in [0, 0.1) is 0 Å². The number of rotatable bonds is 5. The van der Waals surface area contributed by atoms with E-state index in [9.17, 15) is 0 Å². The van der Waals surface area contributed by atoms with E-state index in [0.29, 0.717) is 30.3 Å². The standard InChI is InChI=1S/C17H18ClN3O2/c1-23-14-4-6-16(19-10-14)17-20-15-5-3-13(18)9-12(15)11-21(17)7-2-8-22/h3-6,9-10,22H,2,7-8,11H2,1H3. The molecule has 0 saturated heterocycles. The molecule has 3 rings (SSSR count). The Morgan fingerprint density at radius 2 is 2.17 bits per heavy atom. The van der Waals surface area contributed by atoms with Crippen molar-refractivity contribution in [3.05, 3.63) is 52.8 Å². The highest BCUT2D eigenvalue weighted by Crippen LogP contribution is 2.30. The van der Waals surface area contributed by atoms with Crippen molar-refractivity contribution < 1.29 is 9.84 Å². The first-order valence-corrected chi connectivity index (χ1v) is 7.82. The van der Waals surface area contributed by atoms with E-state index in [1.54, 1.807) is 13.3 Å². The third-order valence-electron chi connectivity index (χ3n) is 3.72. The molecule has 0 spiro atoms. The van der Waals surface area contributed by atoms with Crippen LogP contribution in [0.15, 0.2) is 41.5 Å². The number of benzene rings is 1. The van der Waals surface area contributed by atoms with Crippen LogP contribution in [0.1, 0.15) is 17.7 Å². The Kier molecular flexibility index (Phi) is 4.79. The molecule has 2 heterocycles. The van der Waals surface area contributed by atoms with Gasteiger partial charge in [-0.25, -0.2) is 9.98 Å². The average Bonchev–Trinajstić information content (AvgIpc) is 2.59. The number of halogens is 1. The van der Waals surface area contributed by atoms with Crippen molar-refractivity contribution in [1.82, 2.24) is 9.88 Å². The number of nitrogens with zero attached hydrogens (tertiary/aromatic N) is 3. The number of methoxy groups -OCH3 is 1. The fraction of sp³-hybridized carbons (Fsp3) is 0.294. The van der Waals surface area contributed by atoms with Gasteiger partial charge in [0, 0.05) is 24.7 Å². The zero-order chi connectivity index (χ0) is 16.2. The lowest BCUT2D eigenvalue weighted by Gasteiger charge is -2.30. The molecule has 0 atom stereocenters. The lowest BCUT2D eigenvalue weighted by molar-refractivity contribution is 0.264. The molecule has 1 aromatic heterocycles. The Labute approximate surface area is 140 Å². The predicted molar refractivity (Wildman–Crippen MR) is 90.6 cm³/mol. The molecule has 0 bridgehead atoms. The summed E-state index contributed by atoms with van der Waals surface area (Å²) in [6.45, 7) is 1.54. The van der Waals surface area contributed by atoms with Gasteiger partial charge < -0.3 is 14.7 Å². The molecule has 120 valence electrons. The number of aliphatic hydroxyl groups excluding tert-OH is 1. The summed E-state index contributed by atoms with van der Waals surface area (Å²) in [6, 6.07) is 9.46. The first kappa shape index (κ1) is 15.8. The number of aromatic nitrogens is 1. The van der Waals surface area contributed by atoms with Gasteiger partial charge >= 0.3 is 0 Å². The summed E-state index contributed by atoms with van der Waals surface area (Å²) in [4.78, 5) is 11.3. The van der Waals surface area contributed by atoms with Crippen molar-refractivity contribution in [3.63, 3.8) is 0 Å². The second-order valence-corrected chi connectivity index (χ2v) is 5.73. The Hall–Kier alpha value is -2.11. The van der Waals surface area contributed by atoms with Crippen LogP contribution in [-0.2, 0) is 6.54 Å². The highest BCUT2D eigenvalue weighted by Gasteiger charge is 2.22. The van der Waals surface area contributed by atoms with Crippen LogP contribution in [0.5, 0.6) is 5.75 Å². The number of aliphatic imine (C=N–C) groups is 1. The molecular weight excluding hydrogens is 314 g/mol. The SMILES string of the molecule is COc1ccc(C2=Nc3ccc(Cl)cc3CN2CCCO)nc1. The number of ether oxygens (including phenoxy) is 1. The summed E-state index contributed by atoms with van der Waals surface area (Å²) in [6.07, 6.45) is 2.35. The maximum absolute atomic E-state index is 9.14. The lowest BCUT2D eigenvalue weighted by atomic mass is 10.1. The quantitative estimate of drug-likeness (QED) is 0.915. The van der Waals surface area contributed by atoms with Gasteiger partial charge in [-0.05, 0) is 42.3 Å². The summed E-state index contributed by atoms with van der Waals surface area (Å²) < 4.78 is 5.15. The van der Waals surface area contributed by atoms with Gasteiger partial charge in [0.05, 0.1) is 19.0 Å². The van der Waals surface area contributed by atoms with Crippen molar-refractivity contribution in [2.45, 2.75) is 13.0 Å². The maximum Gasteiger partial charge on any atom is 0.155 e. The molecule has 5 nitrogen and oxygen atoms in total. The van der Waals surface area contributed by atoms with E-state index in [1.807, 2.05) is 30.3 Å². The van der Waals surface area contributed by atoms with Crippen molar-refractivity contribution in [3.8, 4) is 5.75 Å². The van der Waals surface area contributed by atoms with Crippen molar-refractivity contribution in [1.29, 1.82) is 0 Å². The molecule has 0 saturated carbocycles. The normalized spacial score (nSPS) is 13.5. The lowest BCUT2D eigenvalue weighted by Crippen LogP contribution is -2.35. The fourth-order valence-corrected chi connectivity index (χ4v) is 2.75. The molecule has 6 heteroatoms. The van der Waals surface area contributed by atoms with Gasteiger partial charge in [-0.3, -0.25) is 0 Å². The fourth-order valence-electron chi connectivity index (χ4n) is 2.55. The molecule has 1 N–H and O–H groups in total. The Bertz CT molecular complexity index is 716. The predicted octanol–water partition coefficient (Wildman–Crippen LogP) is 3.02. The molecule has 2 aromatic rings. The topological polar surface area (TPSA) is 58.0 Å². The first-order chi connectivity index (χ1) is 11.2. The molecule has 0 aliphatic carbocycles. The third-order valence-corrected chi connectivity index (χ3v) is 3.95. The highest BCUT2D eigenvalue weighted by atomic mass is 35.5. The number of aliphatic hydroxyl groups is 1. The van der Waals surface area contributed by atoms with E-state index < -0.39 is 0 Å². The maximum atomic E-state index is 9.14. The van der Waals surface area contributed by atoms with Crippen LogP contribution >= 0.6 is 11.6 Å². The van der Waals surface area contributed by atoms with Gasteiger partial charge in [0.2, 0.25) is 0 Å². The van der Waals surface area contributed by atoms with E-state index in [2.05, 4.69) is 9.88 Å². The van der Waals surface area contributed by atoms with Crippen LogP contribution in [0.25, 0.3) is 0 Å². The second kappa shape index (κ2) is 6.98. The minimum atomic E-state index is 0.141. The zero-order valence-electron chi connectivity index (χ0n) is 12.9. The van der Waals surface area contributed by atoms with Crippen LogP contribution in [0.4, 0.5) is 5.69 Å². The summed E-state index contributed by atoms with van der Waals surface area (Å²) in [5, 5.41) is 9.84. The molecule has 0 fully saturated rings. The smallest absolute Gasteiger partial charge is 0.155 e. The molecule has 0 radical (unpaired) electrons. The Morgan fingerprint density at radius 1 is 1.30 bits per heavy atom. The van der Waals surface area contributed by atoms with Gasteiger partial charge in [0.1, 0.15) is 11.4 Å². The Morgan fingerprint density at radius 3 is 2.87 bits per heavy atom. The van der Waals surface area contributed by atoms with Crippen LogP contribution in [0.2, 0.25) is 5.02 Å². The van der Waals surface area contributed by atoms with Crippen molar-refractivity contribution >= 4 is 23.1 Å². The van der Waals surface area contributed by atoms with Crippen LogP contribution in [0.3, 0.4) is 0 Å². The minimum Gasteiger partial charge on any atom is -0.495 e. The third kappa shape index (κ3) is 3.46. The van der Waals surface area contributed by atoms with E-state index in [4.69, 9.17) is 26.4 Å². The molecule has 23 heavy (non-hydrogen) atoms. The van der Waals surface area contributed by atoms with Crippen molar-refractivity contribution in [2.24, 2.45) is 4.99 Å². The zero-order valence-corrected chi connectivity index (χ0v) is 13.6. The van der Waals surface area contributed by atoms with Gasteiger partial charge in [0.15, 0.2) is 5.84 Å². The molecule has 1 aliphatic heterocycles. The van der Waals surface area contributed by atoms with Gasteiger partial charge in [-0.1, -0.05) is 11.6 Å². The number of amidine groups is 1. The van der Waals surface area contributed by atoms with E-state index in [0.717, 1.165) is 22.8 Å².